The Bertz CT molecular complexity index is 848. The van der Waals surface area contributed by atoms with Crippen molar-refractivity contribution < 1.29 is 29.9 Å². The van der Waals surface area contributed by atoms with Crippen LogP contribution in [0.2, 0.25) is 0 Å². The Morgan fingerprint density at radius 2 is 1.50 bits per heavy atom. The molecule has 4 N–H and O–H groups in total. The minimum absolute atomic E-state index is 0.0325. The van der Waals surface area contributed by atoms with Crippen LogP contribution in [0, 0.1) is 58.2 Å². The van der Waals surface area contributed by atoms with E-state index in [1.165, 1.54) is 51.4 Å². The molecular weight excluding hydrogens is 504 g/mol. The maximum atomic E-state index is 10.5. The van der Waals surface area contributed by atoms with Crippen LogP contribution in [-0.2, 0) is 9.47 Å². The van der Waals surface area contributed by atoms with Crippen molar-refractivity contribution in [1.29, 1.82) is 0 Å². The first-order valence-electron chi connectivity index (χ1n) is 16.9. The Hall–Kier alpha value is -0.240. The summed E-state index contributed by atoms with van der Waals surface area (Å²) in [5, 5.41) is 40.4. The number of hydrogen-bond acceptors (Lipinski definition) is 6. The lowest BCUT2D eigenvalue weighted by molar-refractivity contribution is -0.316. The third-order valence-corrected chi connectivity index (χ3v) is 13.8. The molecule has 5 rings (SSSR count). The molecule has 1 saturated heterocycles. The van der Waals surface area contributed by atoms with Crippen LogP contribution >= 0.6 is 0 Å². The van der Waals surface area contributed by atoms with Gasteiger partial charge in [0.05, 0.1) is 12.7 Å². The minimum atomic E-state index is -1.38. The number of aliphatic hydroxyl groups is 4. The first kappa shape index (κ1) is 31.2. The second-order valence-corrected chi connectivity index (χ2v) is 15.9. The van der Waals surface area contributed by atoms with Crippen LogP contribution in [0.25, 0.3) is 0 Å². The van der Waals surface area contributed by atoms with Gasteiger partial charge in [-0.2, -0.15) is 0 Å². The zero-order valence-corrected chi connectivity index (χ0v) is 26.2. The summed E-state index contributed by atoms with van der Waals surface area (Å²) >= 11 is 0. The first-order valence-corrected chi connectivity index (χ1v) is 16.9. The molecule has 0 aromatic carbocycles. The van der Waals surface area contributed by atoms with E-state index in [0.29, 0.717) is 16.7 Å². The monoisotopic (exact) mass is 564 g/mol. The van der Waals surface area contributed by atoms with Crippen molar-refractivity contribution in [1.82, 2.24) is 0 Å². The van der Waals surface area contributed by atoms with Gasteiger partial charge in [0.1, 0.15) is 24.4 Å². The molecule has 0 spiro atoms. The fraction of sp³-hybridized carbons (Fsp3) is 1.00. The van der Waals surface area contributed by atoms with Gasteiger partial charge in [-0.1, -0.05) is 54.4 Å². The van der Waals surface area contributed by atoms with Crippen LogP contribution in [0.3, 0.4) is 0 Å². The molecule has 6 heteroatoms. The summed E-state index contributed by atoms with van der Waals surface area (Å²) in [7, 11) is 0. The largest absolute Gasteiger partial charge is 0.394 e. The van der Waals surface area contributed by atoms with E-state index in [9.17, 15) is 20.4 Å². The van der Waals surface area contributed by atoms with E-state index in [0.717, 1.165) is 60.7 Å². The Balaban J connectivity index is 1.21. The highest BCUT2D eigenvalue weighted by Gasteiger charge is 2.61. The van der Waals surface area contributed by atoms with Crippen molar-refractivity contribution in [3.05, 3.63) is 0 Å². The Morgan fingerprint density at radius 1 is 0.800 bits per heavy atom. The molecule has 0 aromatic heterocycles. The summed E-state index contributed by atoms with van der Waals surface area (Å²) in [6.45, 7) is 14.6. The van der Waals surface area contributed by atoms with Gasteiger partial charge in [-0.25, -0.2) is 0 Å². The van der Waals surface area contributed by atoms with Crippen molar-refractivity contribution in [2.75, 3.05) is 6.61 Å². The van der Waals surface area contributed by atoms with Crippen LogP contribution in [0.5, 0.6) is 0 Å². The average Bonchev–Trinajstić information content (AvgIpc) is 3.29. The van der Waals surface area contributed by atoms with Gasteiger partial charge in [0, 0.05) is 0 Å². The molecule has 1 heterocycles. The molecule has 5 fully saturated rings. The van der Waals surface area contributed by atoms with Crippen LogP contribution in [0.4, 0.5) is 0 Å². The van der Waals surface area contributed by atoms with E-state index in [-0.39, 0.29) is 6.10 Å². The van der Waals surface area contributed by atoms with Crippen LogP contribution in [-0.4, -0.2) is 63.8 Å². The molecule has 0 amide bonds. The average molecular weight is 565 g/mol. The van der Waals surface area contributed by atoms with Gasteiger partial charge in [0.15, 0.2) is 6.29 Å². The second-order valence-electron chi connectivity index (χ2n) is 15.9. The maximum absolute atomic E-state index is 10.5. The van der Waals surface area contributed by atoms with Crippen molar-refractivity contribution >= 4 is 0 Å². The predicted molar refractivity (Wildman–Crippen MR) is 156 cm³/mol. The highest BCUT2D eigenvalue weighted by atomic mass is 16.7. The van der Waals surface area contributed by atoms with Crippen LogP contribution < -0.4 is 0 Å². The van der Waals surface area contributed by atoms with E-state index in [1.807, 2.05) is 0 Å². The number of rotatable bonds is 8. The normalized spacial score (nSPS) is 50.6. The lowest BCUT2D eigenvalue weighted by Gasteiger charge is -2.61. The van der Waals surface area contributed by atoms with Crippen molar-refractivity contribution in [3.63, 3.8) is 0 Å². The van der Waals surface area contributed by atoms with Crippen LogP contribution in [0.1, 0.15) is 112 Å². The molecule has 40 heavy (non-hydrogen) atoms. The van der Waals surface area contributed by atoms with E-state index >= 15 is 0 Å². The fourth-order valence-electron chi connectivity index (χ4n) is 10.7. The third-order valence-electron chi connectivity index (χ3n) is 13.8. The van der Waals surface area contributed by atoms with E-state index in [1.54, 1.807) is 0 Å². The molecule has 4 saturated carbocycles. The Labute approximate surface area is 243 Å². The summed E-state index contributed by atoms with van der Waals surface area (Å²) in [5.41, 5.74) is 0.851. The molecule has 6 nitrogen and oxygen atoms in total. The fourth-order valence-corrected chi connectivity index (χ4v) is 10.7. The summed E-state index contributed by atoms with van der Waals surface area (Å²) in [4.78, 5) is 0. The molecule has 5 aliphatic rings. The highest BCUT2D eigenvalue weighted by molar-refractivity contribution is 5.10. The lowest BCUT2D eigenvalue weighted by atomic mass is 9.44. The quantitative estimate of drug-likeness (QED) is 0.289. The maximum Gasteiger partial charge on any atom is 0.186 e. The van der Waals surface area contributed by atoms with E-state index < -0.39 is 37.3 Å². The summed E-state index contributed by atoms with van der Waals surface area (Å²) < 4.78 is 11.9. The van der Waals surface area contributed by atoms with Gasteiger partial charge in [0.25, 0.3) is 0 Å². The Kier molecular flexibility index (Phi) is 9.39. The van der Waals surface area contributed by atoms with Crippen molar-refractivity contribution in [3.8, 4) is 0 Å². The van der Waals surface area contributed by atoms with Gasteiger partial charge < -0.3 is 29.9 Å². The zero-order valence-electron chi connectivity index (χ0n) is 26.2. The third kappa shape index (κ3) is 5.45. The lowest BCUT2D eigenvalue weighted by Crippen LogP contribution is -2.60. The van der Waals surface area contributed by atoms with Gasteiger partial charge in [-0.3, -0.25) is 0 Å². The van der Waals surface area contributed by atoms with Crippen molar-refractivity contribution in [2.24, 2.45) is 58.2 Å². The standard InChI is InChI=1S/C34H60O6/c1-19(2)20(3)7-8-21(4)25-11-12-26-24-10-9-22-17-23(13-15-33(22,5)27(24)14-16-34(25,26)6)39-32-31(38)30(37)29(36)28(18-35)40-32/h19-32,35-38H,7-18H2,1-6H3/t20-,21-,22+,23+,24?,25-,26+,27?,28-,29+,30+,31-,32-,33+,34-/m1/s1. The van der Waals surface area contributed by atoms with Gasteiger partial charge in [-0.05, 0) is 116 Å². The predicted octanol–water partition coefficient (Wildman–Crippen LogP) is 5.54. The summed E-state index contributed by atoms with van der Waals surface area (Å²) in [6, 6.07) is 0. The second kappa shape index (κ2) is 12.0. The summed E-state index contributed by atoms with van der Waals surface area (Å²) in [5.74, 6) is 6.45. The molecule has 0 bridgehead atoms. The molecular formula is C34H60O6. The van der Waals surface area contributed by atoms with Crippen molar-refractivity contribution in [2.45, 2.75) is 149 Å². The number of aliphatic hydroxyl groups excluding tert-OH is 4. The molecule has 1 aliphatic heterocycles. The first-order chi connectivity index (χ1) is 18.9. The summed E-state index contributed by atoms with van der Waals surface area (Å²) in [6.07, 6.45) is 7.98. The molecule has 15 atom stereocenters. The molecule has 0 radical (unpaired) electrons. The van der Waals surface area contributed by atoms with Gasteiger partial charge in [-0.15, -0.1) is 0 Å². The van der Waals surface area contributed by atoms with Crippen LogP contribution in [0.15, 0.2) is 0 Å². The molecule has 0 aromatic rings. The van der Waals surface area contributed by atoms with Gasteiger partial charge in [0.2, 0.25) is 0 Å². The molecule has 232 valence electrons. The molecule has 4 aliphatic carbocycles. The van der Waals surface area contributed by atoms with Gasteiger partial charge >= 0.3 is 0 Å². The minimum Gasteiger partial charge on any atom is -0.394 e. The molecule has 2 unspecified atom stereocenters. The topological polar surface area (TPSA) is 99.4 Å². The Morgan fingerprint density at radius 3 is 2.20 bits per heavy atom. The SMILES string of the molecule is CC(C)[C@H](C)CC[C@@H](C)[C@H]1CC[C@H]2C3CC[C@H]4C[C@@H](O[C@@H]5O[C@H](CO)[C@H](O)[C@H](O)[C@H]5O)CC[C@]4(C)C3CC[C@]12C. The van der Waals surface area contributed by atoms with E-state index in [4.69, 9.17) is 9.47 Å². The number of ether oxygens (including phenoxy) is 2. The zero-order chi connectivity index (χ0) is 29.0. The highest BCUT2D eigenvalue weighted by Crippen LogP contribution is 2.68. The number of hydrogen-bond donors (Lipinski definition) is 4. The smallest absolute Gasteiger partial charge is 0.186 e. The van der Waals surface area contributed by atoms with E-state index in [2.05, 4.69) is 41.5 Å². The number of fused-ring (bicyclic) bond motifs is 5.